The van der Waals surface area contributed by atoms with Crippen molar-refractivity contribution in [3.8, 4) is 0 Å². The van der Waals surface area contributed by atoms with Gasteiger partial charge in [-0.1, -0.05) is 5.16 Å². The Balaban J connectivity index is 1.86. The Hall–Kier alpha value is -1.73. The second-order valence-electron chi connectivity index (χ2n) is 3.78. The smallest absolute Gasteiger partial charge is 0.240 e. The molecule has 0 unspecified atom stereocenters. The zero-order valence-corrected chi connectivity index (χ0v) is 11.0. The summed E-state index contributed by atoms with van der Waals surface area (Å²) in [7, 11) is 0. The molecule has 0 atom stereocenters. The Bertz CT molecular complexity index is 535. The standard InChI is InChI=1S/C11H14N4O2S/c1-7-13-11(17-15-7)6-12-5-10-9(3-4-18-10)14-8(2)16/h3-4,12H,5-6H2,1-2H3,(H,14,16). The van der Waals surface area contributed by atoms with E-state index in [1.165, 1.54) is 6.92 Å². The molecule has 1 amide bonds. The van der Waals surface area contributed by atoms with Crippen LogP contribution in [0.3, 0.4) is 0 Å². The summed E-state index contributed by atoms with van der Waals surface area (Å²) in [5.74, 6) is 1.12. The summed E-state index contributed by atoms with van der Waals surface area (Å²) in [4.78, 5) is 16.2. The van der Waals surface area contributed by atoms with E-state index in [1.807, 2.05) is 11.4 Å². The number of anilines is 1. The Morgan fingerprint density at radius 1 is 1.50 bits per heavy atom. The maximum atomic E-state index is 11.0. The summed E-state index contributed by atoms with van der Waals surface area (Å²) in [5, 5.41) is 11.6. The van der Waals surface area contributed by atoms with Gasteiger partial charge in [0.1, 0.15) is 0 Å². The van der Waals surface area contributed by atoms with Gasteiger partial charge in [0.15, 0.2) is 5.82 Å². The topological polar surface area (TPSA) is 80.0 Å². The van der Waals surface area contributed by atoms with Crippen molar-refractivity contribution in [2.75, 3.05) is 5.32 Å². The number of carbonyl (C=O) groups is 1. The molecule has 0 fully saturated rings. The van der Waals surface area contributed by atoms with Gasteiger partial charge in [-0.15, -0.1) is 11.3 Å². The van der Waals surface area contributed by atoms with Gasteiger partial charge in [0.25, 0.3) is 0 Å². The second kappa shape index (κ2) is 5.74. The predicted molar refractivity (Wildman–Crippen MR) is 68.2 cm³/mol. The van der Waals surface area contributed by atoms with E-state index in [1.54, 1.807) is 18.3 Å². The summed E-state index contributed by atoms with van der Waals surface area (Å²) >= 11 is 1.59. The summed E-state index contributed by atoms with van der Waals surface area (Å²) in [6.45, 7) is 4.43. The molecule has 18 heavy (non-hydrogen) atoms. The number of nitrogens with one attached hydrogen (secondary N) is 2. The molecule has 0 bridgehead atoms. The van der Waals surface area contributed by atoms with E-state index in [9.17, 15) is 4.79 Å². The van der Waals surface area contributed by atoms with E-state index >= 15 is 0 Å². The van der Waals surface area contributed by atoms with E-state index in [0.29, 0.717) is 24.8 Å². The van der Waals surface area contributed by atoms with Crippen molar-refractivity contribution in [2.45, 2.75) is 26.9 Å². The fourth-order valence-corrected chi connectivity index (χ4v) is 2.27. The molecule has 0 radical (unpaired) electrons. The fourth-order valence-electron chi connectivity index (χ4n) is 1.47. The molecular formula is C11H14N4O2S. The third-order valence-corrected chi connectivity index (χ3v) is 3.11. The predicted octanol–water partition coefficient (Wildman–Crippen LogP) is 1.69. The molecular weight excluding hydrogens is 252 g/mol. The van der Waals surface area contributed by atoms with Gasteiger partial charge in [-0.2, -0.15) is 4.98 Å². The highest BCUT2D eigenvalue weighted by atomic mass is 32.1. The summed E-state index contributed by atoms with van der Waals surface area (Å²) in [6, 6.07) is 1.89. The number of hydrogen-bond donors (Lipinski definition) is 2. The van der Waals surface area contributed by atoms with Crippen molar-refractivity contribution in [1.82, 2.24) is 15.5 Å². The third-order valence-electron chi connectivity index (χ3n) is 2.19. The van der Waals surface area contributed by atoms with E-state index in [4.69, 9.17) is 4.52 Å². The molecule has 0 aliphatic rings. The van der Waals surface area contributed by atoms with Crippen LogP contribution in [0.2, 0.25) is 0 Å². The van der Waals surface area contributed by atoms with Crippen LogP contribution in [0.1, 0.15) is 23.5 Å². The maximum absolute atomic E-state index is 11.0. The molecule has 0 aliphatic carbocycles. The van der Waals surface area contributed by atoms with Crippen LogP contribution in [-0.2, 0) is 17.9 Å². The van der Waals surface area contributed by atoms with E-state index in [0.717, 1.165) is 10.6 Å². The molecule has 2 aromatic rings. The maximum Gasteiger partial charge on any atom is 0.240 e. The Labute approximate surface area is 108 Å². The summed E-state index contributed by atoms with van der Waals surface area (Å²) < 4.78 is 4.99. The lowest BCUT2D eigenvalue weighted by atomic mass is 10.3. The van der Waals surface area contributed by atoms with Crippen LogP contribution in [-0.4, -0.2) is 16.0 Å². The molecule has 0 aromatic carbocycles. The molecule has 2 heterocycles. The lowest BCUT2D eigenvalue weighted by Crippen LogP contribution is -2.14. The minimum absolute atomic E-state index is 0.0674. The first-order chi connectivity index (χ1) is 8.65. The number of carbonyl (C=O) groups excluding carboxylic acids is 1. The van der Waals surface area contributed by atoms with Gasteiger partial charge in [-0.05, 0) is 18.4 Å². The summed E-state index contributed by atoms with van der Waals surface area (Å²) in [5.41, 5.74) is 0.849. The largest absolute Gasteiger partial charge is 0.338 e. The lowest BCUT2D eigenvalue weighted by Gasteiger charge is -2.04. The zero-order chi connectivity index (χ0) is 13.0. The van der Waals surface area contributed by atoms with Crippen molar-refractivity contribution >= 4 is 22.9 Å². The molecule has 2 aromatic heterocycles. The molecule has 96 valence electrons. The third kappa shape index (κ3) is 3.38. The molecule has 7 heteroatoms. The number of thiophene rings is 1. The van der Waals surface area contributed by atoms with Gasteiger partial charge in [-0.3, -0.25) is 4.79 Å². The molecule has 2 N–H and O–H groups in total. The highest BCUT2D eigenvalue weighted by Gasteiger charge is 2.06. The van der Waals surface area contributed by atoms with E-state index in [2.05, 4.69) is 20.8 Å². The van der Waals surface area contributed by atoms with Crippen LogP contribution in [0, 0.1) is 6.92 Å². The zero-order valence-electron chi connectivity index (χ0n) is 10.2. The van der Waals surface area contributed by atoms with Gasteiger partial charge in [-0.25, -0.2) is 0 Å². The van der Waals surface area contributed by atoms with Crippen molar-refractivity contribution < 1.29 is 9.32 Å². The first-order valence-corrected chi connectivity index (χ1v) is 6.37. The Morgan fingerprint density at radius 3 is 3.00 bits per heavy atom. The quantitative estimate of drug-likeness (QED) is 0.860. The fraction of sp³-hybridized carbons (Fsp3) is 0.364. The van der Waals surface area contributed by atoms with Gasteiger partial charge in [0, 0.05) is 18.3 Å². The molecule has 6 nitrogen and oxygen atoms in total. The highest BCUT2D eigenvalue weighted by Crippen LogP contribution is 2.21. The van der Waals surface area contributed by atoms with Crippen LogP contribution in [0.15, 0.2) is 16.0 Å². The van der Waals surface area contributed by atoms with Crippen molar-refractivity contribution in [3.05, 3.63) is 28.0 Å². The van der Waals surface area contributed by atoms with E-state index in [-0.39, 0.29) is 5.91 Å². The second-order valence-corrected chi connectivity index (χ2v) is 4.78. The SMILES string of the molecule is CC(=O)Nc1ccsc1CNCc1nc(C)no1. The molecule has 0 saturated carbocycles. The summed E-state index contributed by atoms with van der Waals surface area (Å²) in [6.07, 6.45) is 0. The van der Waals surface area contributed by atoms with Crippen molar-refractivity contribution in [3.63, 3.8) is 0 Å². The van der Waals surface area contributed by atoms with Gasteiger partial charge in [0.05, 0.1) is 12.2 Å². The number of aromatic nitrogens is 2. The Kier molecular flexibility index (Phi) is 4.06. The van der Waals surface area contributed by atoms with Crippen LogP contribution in [0.25, 0.3) is 0 Å². The first kappa shape index (κ1) is 12.7. The average Bonchev–Trinajstić information content (AvgIpc) is 2.88. The van der Waals surface area contributed by atoms with Gasteiger partial charge in [0.2, 0.25) is 11.8 Å². The average molecular weight is 266 g/mol. The van der Waals surface area contributed by atoms with Crippen LogP contribution < -0.4 is 10.6 Å². The monoisotopic (exact) mass is 266 g/mol. The lowest BCUT2D eigenvalue weighted by molar-refractivity contribution is -0.114. The minimum Gasteiger partial charge on any atom is -0.338 e. The van der Waals surface area contributed by atoms with Crippen LogP contribution >= 0.6 is 11.3 Å². The van der Waals surface area contributed by atoms with Gasteiger partial charge < -0.3 is 15.2 Å². The highest BCUT2D eigenvalue weighted by molar-refractivity contribution is 7.10. The number of nitrogens with zero attached hydrogens (tertiary/aromatic N) is 2. The van der Waals surface area contributed by atoms with Gasteiger partial charge >= 0.3 is 0 Å². The number of rotatable bonds is 5. The van der Waals surface area contributed by atoms with Crippen LogP contribution in [0.5, 0.6) is 0 Å². The van der Waals surface area contributed by atoms with E-state index < -0.39 is 0 Å². The molecule has 0 saturated heterocycles. The molecule has 2 rings (SSSR count). The van der Waals surface area contributed by atoms with Crippen molar-refractivity contribution in [1.29, 1.82) is 0 Å². The normalized spacial score (nSPS) is 10.6. The number of hydrogen-bond acceptors (Lipinski definition) is 6. The Morgan fingerprint density at radius 2 is 2.33 bits per heavy atom. The molecule has 0 aliphatic heterocycles. The molecule has 0 spiro atoms. The minimum atomic E-state index is -0.0674. The first-order valence-electron chi connectivity index (χ1n) is 5.49. The van der Waals surface area contributed by atoms with Crippen molar-refractivity contribution in [2.24, 2.45) is 0 Å². The van der Waals surface area contributed by atoms with Crippen LogP contribution in [0.4, 0.5) is 5.69 Å². The number of aryl methyl sites for hydroxylation is 1. The number of amides is 1.